The number of para-hydroxylation sites is 1. The van der Waals surface area contributed by atoms with E-state index in [-0.39, 0.29) is 12.1 Å². The van der Waals surface area contributed by atoms with E-state index in [1.807, 2.05) is 30.9 Å². The highest BCUT2D eigenvalue weighted by molar-refractivity contribution is 5.75. The van der Waals surface area contributed by atoms with E-state index in [9.17, 15) is 4.79 Å². The number of carbonyl (C=O) groups excluding carboxylic acids is 1. The molecular weight excluding hydrogens is 316 g/mol. The van der Waals surface area contributed by atoms with Crippen molar-refractivity contribution in [1.29, 1.82) is 0 Å². The van der Waals surface area contributed by atoms with E-state index in [4.69, 9.17) is 4.52 Å². The Labute approximate surface area is 148 Å². The quantitative estimate of drug-likeness (QED) is 0.930. The van der Waals surface area contributed by atoms with Crippen molar-refractivity contribution in [2.75, 3.05) is 18.5 Å². The predicted molar refractivity (Wildman–Crippen MR) is 97.5 cm³/mol. The van der Waals surface area contributed by atoms with Crippen molar-refractivity contribution in [2.24, 2.45) is 0 Å². The number of anilines is 1. The molecule has 2 amide bonds. The molecule has 1 aromatic carbocycles. The molecule has 0 spiro atoms. The Kier molecular flexibility index (Phi) is 4.97. The first-order chi connectivity index (χ1) is 12.0. The number of aromatic nitrogens is 1. The number of benzene rings is 1. The summed E-state index contributed by atoms with van der Waals surface area (Å²) in [5.74, 6) is 0.755. The summed E-state index contributed by atoms with van der Waals surface area (Å²) < 4.78 is 5.17. The van der Waals surface area contributed by atoms with Crippen molar-refractivity contribution in [3.8, 4) is 0 Å². The van der Waals surface area contributed by atoms with Gasteiger partial charge >= 0.3 is 6.03 Å². The third-order valence-electron chi connectivity index (χ3n) is 5.00. The lowest BCUT2D eigenvalue weighted by molar-refractivity contribution is 0.171. The number of likely N-dealkylation sites (N-methyl/N-ethyl adjacent to an activating group) is 1. The van der Waals surface area contributed by atoms with Gasteiger partial charge in [-0.2, -0.15) is 0 Å². The molecule has 0 radical (unpaired) electrons. The number of carbonyl (C=O) groups is 1. The normalized spacial score (nSPS) is 17.2. The molecule has 2 aromatic rings. The molecule has 6 nitrogen and oxygen atoms in total. The van der Waals surface area contributed by atoms with Gasteiger partial charge < -0.3 is 19.6 Å². The first-order valence-corrected chi connectivity index (χ1v) is 8.76. The maximum atomic E-state index is 12.9. The Bertz CT molecular complexity index is 736. The number of nitrogens with one attached hydrogen (secondary N) is 1. The van der Waals surface area contributed by atoms with Gasteiger partial charge in [-0.3, -0.25) is 0 Å². The highest BCUT2D eigenvalue weighted by Crippen LogP contribution is 2.27. The third kappa shape index (κ3) is 3.48. The van der Waals surface area contributed by atoms with Gasteiger partial charge in [0.15, 0.2) is 0 Å². The van der Waals surface area contributed by atoms with Crippen LogP contribution in [0, 0.1) is 13.8 Å². The monoisotopic (exact) mass is 342 g/mol. The molecular formula is C19H26N4O2. The van der Waals surface area contributed by atoms with E-state index in [1.54, 1.807) is 0 Å². The lowest BCUT2D eigenvalue weighted by Gasteiger charge is -2.30. The van der Waals surface area contributed by atoms with Crippen LogP contribution in [-0.4, -0.2) is 35.7 Å². The fourth-order valence-electron chi connectivity index (χ4n) is 3.45. The number of fused-ring (bicyclic) bond motifs is 1. The minimum Gasteiger partial charge on any atom is -0.372 e. The van der Waals surface area contributed by atoms with Crippen LogP contribution in [-0.2, 0) is 13.1 Å². The molecule has 0 unspecified atom stereocenters. The molecule has 0 aliphatic carbocycles. The van der Waals surface area contributed by atoms with E-state index in [2.05, 4.69) is 41.5 Å². The SMILES string of the molecule is CC[C@H]1CN(C)c2ccccc2CN1C(=O)NCc1c(C)noc1C. The molecule has 1 aliphatic heterocycles. The predicted octanol–water partition coefficient (Wildman–Crippen LogP) is 3.23. The van der Waals surface area contributed by atoms with Crippen LogP contribution in [0.3, 0.4) is 0 Å². The van der Waals surface area contributed by atoms with Crippen LogP contribution >= 0.6 is 0 Å². The molecule has 0 saturated carbocycles. The summed E-state index contributed by atoms with van der Waals surface area (Å²) in [5.41, 5.74) is 4.15. The van der Waals surface area contributed by atoms with E-state index in [1.165, 1.54) is 11.3 Å². The summed E-state index contributed by atoms with van der Waals surface area (Å²) in [6.45, 7) is 7.77. The van der Waals surface area contributed by atoms with Gasteiger partial charge in [0.05, 0.1) is 11.7 Å². The van der Waals surface area contributed by atoms with Crippen LogP contribution < -0.4 is 10.2 Å². The average molecular weight is 342 g/mol. The first kappa shape index (κ1) is 17.3. The van der Waals surface area contributed by atoms with Crippen molar-refractivity contribution in [2.45, 2.75) is 46.3 Å². The minimum absolute atomic E-state index is 0.0445. The largest absolute Gasteiger partial charge is 0.372 e. The summed E-state index contributed by atoms with van der Waals surface area (Å²) in [6, 6.07) is 8.41. The number of amides is 2. The van der Waals surface area contributed by atoms with Crippen LogP contribution in [0.15, 0.2) is 28.8 Å². The molecule has 3 rings (SSSR count). The molecule has 6 heteroatoms. The first-order valence-electron chi connectivity index (χ1n) is 8.76. The zero-order valence-corrected chi connectivity index (χ0v) is 15.4. The standard InChI is InChI=1S/C19H26N4O2/c1-5-16-12-22(4)18-9-7-6-8-15(18)11-23(16)19(24)20-10-17-13(2)21-25-14(17)3/h6-9,16H,5,10-12H2,1-4H3,(H,20,24)/t16-/m0/s1. The number of nitrogens with zero attached hydrogens (tertiary/aromatic N) is 3. The number of rotatable bonds is 3. The van der Waals surface area contributed by atoms with Gasteiger partial charge in [-0.15, -0.1) is 0 Å². The fraction of sp³-hybridized carbons (Fsp3) is 0.474. The van der Waals surface area contributed by atoms with E-state index in [0.29, 0.717) is 13.1 Å². The van der Waals surface area contributed by atoms with Gasteiger partial charge in [0.2, 0.25) is 0 Å². The summed E-state index contributed by atoms with van der Waals surface area (Å²) in [4.78, 5) is 17.1. The number of hydrogen-bond acceptors (Lipinski definition) is 4. The summed E-state index contributed by atoms with van der Waals surface area (Å²) in [6.07, 6.45) is 0.914. The minimum atomic E-state index is -0.0445. The van der Waals surface area contributed by atoms with Gasteiger partial charge in [0.25, 0.3) is 0 Å². The molecule has 25 heavy (non-hydrogen) atoms. The van der Waals surface area contributed by atoms with Gasteiger partial charge in [-0.1, -0.05) is 30.3 Å². The summed E-state index contributed by atoms with van der Waals surface area (Å²) >= 11 is 0. The van der Waals surface area contributed by atoms with E-state index >= 15 is 0 Å². The molecule has 1 aromatic heterocycles. The zero-order valence-electron chi connectivity index (χ0n) is 15.4. The topological polar surface area (TPSA) is 61.6 Å². The van der Waals surface area contributed by atoms with Gasteiger partial charge in [0, 0.05) is 37.9 Å². The molecule has 0 fully saturated rings. The smallest absolute Gasteiger partial charge is 0.318 e. The molecule has 134 valence electrons. The zero-order chi connectivity index (χ0) is 18.0. The lowest BCUT2D eigenvalue weighted by Crippen LogP contribution is -2.47. The van der Waals surface area contributed by atoms with E-state index < -0.39 is 0 Å². The van der Waals surface area contributed by atoms with Crippen LogP contribution in [0.1, 0.15) is 35.9 Å². The third-order valence-corrected chi connectivity index (χ3v) is 5.00. The van der Waals surface area contributed by atoms with Crippen molar-refractivity contribution in [3.05, 3.63) is 46.8 Å². The van der Waals surface area contributed by atoms with Gasteiger partial charge in [-0.05, 0) is 31.9 Å². The Morgan fingerprint density at radius 2 is 2.12 bits per heavy atom. The maximum Gasteiger partial charge on any atom is 0.318 e. The van der Waals surface area contributed by atoms with Crippen molar-refractivity contribution in [3.63, 3.8) is 0 Å². The van der Waals surface area contributed by atoms with Crippen LogP contribution in [0.4, 0.5) is 10.5 Å². The fourth-order valence-corrected chi connectivity index (χ4v) is 3.45. The van der Waals surface area contributed by atoms with Gasteiger partial charge in [0.1, 0.15) is 5.76 Å². The second-order valence-electron chi connectivity index (χ2n) is 6.66. The van der Waals surface area contributed by atoms with Crippen molar-refractivity contribution < 1.29 is 9.32 Å². The summed E-state index contributed by atoms with van der Waals surface area (Å²) in [5, 5.41) is 6.99. The Hall–Kier alpha value is -2.50. The molecule has 1 aliphatic rings. The van der Waals surface area contributed by atoms with E-state index in [0.717, 1.165) is 30.0 Å². The van der Waals surface area contributed by atoms with Gasteiger partial charge in [-0.25, -0.2) is 4.79 Å². The number of urea groups is 1. The highest BCUT2D eigenvalue weighted by Gasteiger charge is 2.28. The Balaban J connectivity index is 1.78. The average Bonchev–Trinajstić information content (AvgIpc) is 2.85. The van der Waals surface area contributed by atoms with Crippen LogP contribution in [0.2, 0.25) is 0 Å². The Morgan fingerprint density at radius 3 is 2.80 bits per heavy atom. The van der Waals surface area contributed by atoms with Crippen LogP contribution in [0.5, 0.6) is 0 Å². The second kappa shape index (κ2) is 7.17. The number of aryl methyl sites for hydroxylation is 2. The summed E-state index contributed by atoms with van der Waals surface area (Å²) in [7, 11) is 2.09. The molecule has 1 atom stereocenters. The van der Waals surface area contributed by atoms with Crippen molar-refractivity contribution >= 4 is 11.7 Å². The molecule has 1 N–H and O–H groups in total. The van der Waals surface area contributed by atoms with Crippen LogP contribution in [0.25, 0.3) is 0 Å². The highest BCUT2D eigenvalue weighted by atomic mass is 16.5. The maximum absolute atomic E-state index is 12.9. The molecule has 2 heterocycles. The van der Waals surface area contributed by atoms with Crippen molar-refractivity contribution in [1.82, 2.24) is 15.4 Å². The molecule has 0 saturated heterocycles. The Morgan fingerprint density at radius 1 is 1.36 bits per heavy atom. The lowest BCUT2D eigenvalue weighted by atomic mass is 10.1. The number of hydrogen-bond donors (Lipinski definition) is 1. The molecule has 0 bridgehead atoms. The second-order valence-corrected chi connectivity index (χ2v) is 6.66.